The van der Waals surface area contributed by atoms with Gasteiger partial charge in [-0.2, -0.15) is 5.10 Å². The van der Waals surface area contributed by atoms with Crippen LogP contribution in [0.5, 0.6) is 0 Å². The quantitative estimate of drug-likeness (QED) is 0.423. The van der Waals surface area contributed by atoms with Crippen molar-refractivity contribution in [3.05, 3.63) is 67.5 Å². The Bertz CT molecular complexity index is 1190. The van der Waals surface area contributed by atoms with Crippen LogP contribution in [0.2, 0.25) is 15.1 Å². The molecule has 7 nitrogen and oxygen atoms in total. The van der Waals surface area contributed by atoms with Crippen LogP contribution >= 0.6 is 34.8 Å². The third kappa shape index (κ3) is 4.75. The maximum absolute atomic E-state index is 12.6. The monoisotopic (exact) mass is 467 g/mol. The van der Waals surface area contributed by atoms with Crippen LogP contribution in [0.15, 0.2) is 41.2 Å². The number of nitrogens with one attached hydrogen (secondary N) is 1. The third-order valence-corrected chi connectivity index (χ3v) is 5.15. The fraction of sp³-hybridized carbons (Fsp3) is 0.200. The number of halogens is 3. The fourth-order valence-corrected chi connectivity index (χ4v) is 3.35. The number of esters is 1. The molecule has 0 atom stereocenters. The molecule has 1 amide bonds. The number of anilines is 1. The predicted octanol–water partition coefficient (Wildman–Crippen LogP) is 4.56. The Labute approximate surface area is 186 Å². The van der Waals surface area contributed by atoms with Crippen molar-refractivity contribution < 1.29 is 14.3 Å². The number of benzene rings is 2. The van der Waals surface area contributed by atoms with Gasteiger partial charge in [-0.05, 0) is 24.6 Å². The van der Waals surface area contributed by atoms with Crippen molar-refractivity contribution in [2.75, 3.05) is 11.9 Å². The number of aryl methyl sites for hydroxylation is 1. The van der Waals surface area contributed by atoms with E-state index in [9.17, 15) is 14.4 Å². The van der Waals surface area contributed by atoms with Gasteiger partial charge in [-0.15, -0.1) is 0 Å². The van der Waals surface area contributed by atoms with Gasteiger partial charge in [0, 0.05) is 11.9 Å². The number of nitrogens with zero attached hydrogens (tertiary/aromatic N) is 2. The number of carbonyl (C=O) groups excluding carboxylic acids is 2. The SMILES string of the molecule is CCCn1nc(C(=O)OCC(=O)Nc2cc(Cl)c(Cl)cc2Cl)c2ccccc2c1=O. The molecular formula is C20H16Cl3N3O4. The predicted molar refractivity (Wildman–Crippen MR) is 117 cm³/mol. The van der Waals surface area contributed by atoms with Gasteiger partial charge in [-0.25, -0.2) is 9.48 Å². The van der Waals surface area contributed by atoms with Crippen molar-refractivity contribution in [3.8, 4) is 0 Å². The van der Waals surface area contributed by atoms with E-state index < -0.39 is 18.5 Å². The zero-order valence-corrected chi connectivity index (χ0v) is 18.0. The summed E-state index contributed by atoms with van der Waals surface area (Å²) < 4.78 is 6.32. The van der Waals surface area contributed by atoms with Gasteiger partial charge in [0.05, 0.1) is 26.1 Å². The highest BCUT2D eigenvalue weighted by Crippen LogP contribution is 2.32. The van der Waals surface area contributed by atoms with Gasteiger partial charge in [-0.3, -0.25) is 9.59 Å². The molecule has 1 N–H and O–H groups in total. The summed E-state index contributed by atoms with van der Waals surface area (Å²) in [4.78, 5) is 37.3. The molecule has 0 bridgehead atoms. The Balaban J connectivity index is 1.79. The molecule has 156 valence electrons. The average molecular weight is 469 g/mol. The standard InChI is InChI=1S/C20H16Cl3N3O4/c1-2-7-26-19(28)12-6-4-3-5-11(12)18(25-26)20(29)30-10-17(27)24-16-9-14(22)13(21)8-15(16)23/h3-6,8-9H,2,7,10H2,1H3,(H,24,27). The van der Waals surface area contributed by atoms with Crippen molar-refractivity contribution in [3.63, 3.8) is 0 Å². The van der Waals surface area contributed by atoms with Crippen LogP contribution < -0.4 is 10.9 Å². The largest absolute Gasteiger partial charge is 0.451 e. The Morgan fingerprint density at radius 1 is 1.07 bits per heavy atom. The molecule has 0 saturated heterocycles. The fourth-order valence-electron chi connectivity index (χ4n) is 2.75. The van der Waals surface area contributed by atoms with E-state index in [0.717, 1.165) is 0 Å². The number of hydrogen-bond donors (Lipinski definition) is 1. The molecule has 10 heteroatoms. The van der Waals surface area contributed by atoms with Crippen molar-refractivity contribution in [2.45, 2.75) is 19.9 Å². The van der Waals surface area contributed by atoms with Crippen LogP contribution in [-0.2, 0) is 16.1 Å². The van der Waals surface area contributed by atoms with E-state index in [2.05, 4.69) is 10.4 Å². The first kappa shape index (κ1) is 22.1. The summed E-state index contributed by atoms with van der Waals surface area (Å²) in [5.74, 6) is -1.46. The van der Waals surface area contributed by atoms with E-state index in [1.807, 2.05) is 6.92 Å². The Hall–Kier alpha value is -2.61. The number of carbonyl (C=O) groups is 2. The zero-order valence-electron chi connectivity index (χ0n) is 15.7. The maximum Gasteiger partial charge on any atom is 0.359 e. The summed E-state index contributed by atoms with van der Waals surface area (Å²) in [6.45, 7) is 1.65. The van der Waals surface area contributed by atoms with Crippen LogP contribution in [0.1, 0.15) is 23.8 Å². The highest BCUT2D eigenvalue weighted by atomic mass is 35.5. The van der Waals surface area contributed by atoms with Crippen LogP contribution in [0, 0.1) is 0 Å². The molecule has 0 aliphatic heterocycles. The minimum Gasteiger partial charge on any atom is -0.451 e. The smallest absolute Gasteiger partial charge is 0.359 e. The molecule has 0 fully saturated rings. The molecule has 0 radical (unpaired) electrons. The van der Waals surface area contributed by atoms with Crippen molar-refractivity contribution in [2.24, 2.45) is 0 Å². The lowest BCUT2D eigenvalue weighted by molar-refractivity contribution is -0.119. The van der Waals surface area contributed by atoms with Crippen molar-refractivity contribution in [1.29, 1.82) is 0 Å². The van der Waals surface area contributed by atoms with Gasteiger partial charge in [0.2, 0.25) is 0 Å². The van der Waals surface area contributed by atoms with Gasteiger partial charge in [0.1, 0.15) is 0 Å². The molecule has 1 aromatic heterocycles. The molecule has 3 rings (SSSR count). The average Bonchev–Trinajstić information content (AvgIpc) is 2.72. The van der Waals surface area contributed by atoms with E-state index in [0.29, 0.717) is 23.7 Å². The number of fused-ring (bicyclic) bond motifs is 1. The van der Waals surface area contributed by atoms with Crippen LogP contribution in [0.3, 0.4) is 0 Å². The Morgan fingerprint density at radius 3 is 2.43 bits per heavy atom. The number of rotatable bonds is 6. The van der Waals surface area contributed by atoms with Gasteiger partial charge in [0.15, 0.2) is 12.3 Å². The minimum atomic E-state index is -0.827. The summed E-state index contributed by atoms with van der Waals surface area (Å²) in [6, 6.07) is 9.38. The van der Waals surface area contributed by atoms with E-state index in [4.69, 9.17) is 39.5 Å². The molecule has 0 aliphatic rings. The van der Waals surface area contributed by atoms with Gasteiger partial charge < -0.3 is 10.1 Å². The second-order valence-electron chi connectivity index (χ2n) is 6.29. The molecule has 1 heterocycles. The van der Waals surface area contributed by atoms with Gasteiger partial charge in [0.25, 0.3) is 11.5 Å². The third-order valence-electron chi connectivity index (χ3n) is 4.11. The van der Waals surface area contributed by atoms with Gasteiger partial charge in [-0.1, -0.05) is 59.9 Å². The second kappa shape index (κ2) is 9.47. The van der Waals surface area contributed by atoms with E-state index in [1.54, 1.807) is 24.3 Å². The van der Waals surface area contributed by atoms with E-state index in [-0.39, 0.29) is 32.0 Å². The summed E-state index contributed by atoms with van der Waals surface area (Å²) in [6.07, 6.45) is 0.659. The van der Waals surface area contributed by atoms with Crippen LogP contribution in [0.4, 0.5) is 5.69 Å². The van der Waals surface area contributed by atoms with Crippen LogP contribution in [0.25, 0.3) is 10.8 Å². The highest BCUT2D eigenvalue weighted by Gasteiger charge is 2.19. The molecule has 0 spiro atoms. The molecule has 30 heavy (non-hydrogen) atoms. The minimum absolute atomic E-state index is 0.0426. The normalized spacial score (nSPS) is 10.8. The zero-order chi connectivity index (χ0) is 21.8. The molecule has 2 aromatic carbocycles. The number of hydrogen-bond acceptors (Lipinski definition) is 5. The first-order valence-corrected chi connectivity index (χ1v) is 10.1. The molecular weight excluding hydrogens is 453 g/mol. The topological polar surface area (TPSA) is 90.3 Å². The summed E-state index contributed by atoms with van der Waals surface area (Å²) >= 11 is 17.8. The van der Waals surface area contributed by atoms with E-state index >= 15 is 0 Å². The highest BCUT2D eigenvalue weighted by molar-refractivity contribution is 6.44. The summed E-state index contributed by atoms with van der Waals surface area (Å²) in [5.41, 5.74) is -0.109. The van der Waals surface area contributed by atoms with Crippen molar-refractivity contribution in [1.82, 2.24) is 9.78 Å². The Morgan fingerprint density at radius 2 is 1.73 bits per heavy atom. The van der Waals surface area contributed by atoms with Crippen molar-refractivity contribution >= 4 is 63.1 Å². The first-order chi connectivity index (χ1) is 14.3. The van der Waals surface area contributed by atoms with Gasteiger partial charge >= 0.3 is 5.97 Å². The van der Waals surface area contributed by atoms with Crippen LogP contribution in [-0.4, -0.2) is 28.3 Å². The molecule has 0 saturated carbocycles. The number of amides is 1. The van der Waals surface area contributed by atoms with E-state index in [1.165, 1.54) is 16.8 Å². The first-order valence-electron chi connectivity index (χ1n) is 8.93. The molecule has 0 unspecified atom stereocenters. The Kier molecular flexibility index (Phi) is 6.97. The lowest BCUT2D eigenvalue weighted by atomic mass is 10.1. The molecule has 3 aromatic rings. The molecule has 0 aliphatic carbocycles. The maximum atomic E-state index is 12.6. The lowest BCUT2D eigenvalue weighted by Gasteiger charge is -2.11. The summed E-state index contributed by atoms with van der Waals surface area (Å²) in [7, 11) is 0. The number of ether oxygens (including phenoxy) is 1. The summed E-state index contributed by atoms with van der Waals surface area (Å²) in [5, 5.41) is 7.97. The second-order valence-corrected chi connectivity index (χ2v) is 7.51. The lowest BCUT2D eigenvalue weighted by Crippen LogP contribution is -2.27. The number of aromatic nitrogens is 2.